The van der Waals surface area contributed by atoms with Crippen molar-refractivity contribution in [1.82, 2.24) is 0 Å². The van der Waals surface area contributed by atoms with Gasteiger partial charge >= 0.3 is 0 Å². The first-order valence-corrected chi connectivity index (χ1v) is 2.98. The summed E-state index contributed by atoms with van der Waals surface area (Å²) in [5.74, 6) is 0.0465. The van der Waals surface area contributed by atoms with Crippen LogP contribution in [-0.4, -0.2) is 23.5 Å². The molecule has 9 heavy (non-hydrogen) atoms. The molecule has 0 bridgehead atoms. The fourth-order valence-corrected chi connectivity index (χ4v) is 0.525. The minimum absolute atomic E-state index is 0.0465. The highest BCUT2D eigenvalue weighted by molar-refractivity contribution is 5.58. The maximum atomic E-state index is 9.97. The monoisotopic (exact) mass is 131 g/mol. The number of carbonyl (C=O) groups is 1. The molecule has 2 atom stereocenters. The summed E-state index contributed by atoms with van der Waals surface area (Å²) in [6.07, 6.45) is -0.146. The Hall–Kier alpha value is -0.410. The van der Waals surface area contributed by atoms with Gasteiger partial charge in [-0.25, -0.2) is 0 Å². The maximum Gasteiger partial charge on any atom is 0.139 e. The minimum atomic E-state index is -0.731. The Bertz CT molecular complexity index is 93.1. The van der Waals surface area contributed by atoms with Gasteiger partial charge in [-0.15, -0.1) is 0 Å². The Morgan fingerprint density at radius 3 is 2.11 bits per heavy atom. The number of aliphatic hydroxyl groups is 1. The number of hydrogen-bond donors (Lipinski definition) is 2. The number of carbonyl (C=O) groups excluding carboxylic acids is 1. The minimum Gasteiger partial charge on any atom is -0.391 e. The van der Waals surface area contributed by atoms with Crippen LogP contribution in [0.5, 0.6) is 0 Å². The number of rotatable bonds is 3. The van der Waals surface area contributed by atoms with E-state index in [2.05, 4.69) is 0 Å². The Kier molecular flexibility index (Phi) is 3.42. The molecule has 0 rings (SSSR count). The van der Waals surface area contributed by atoms with Crippen molar-refractivity contribution in [2.24, 2.45) is 11.7 Å². The van der Waals surface area contributed by atoms with Crippen molar-refractivity contribution in [2.45, 2.75) is 26.0 Å². The van der Waals surface area contributed by atoms with Crippen LogP contribution < -0.4 is 5.73 Å². The second-order valence-corrected chi connectivity index (χ2v) is 2.45. The Morgan fingerprint density at radius 1 is 1.56 bits per heavy atom. The fourth-order valence-electron chi connectivity index (χ4n) is 0.525. The standard InChI is InChI=1S/C6H13NO2/c1-4(2)6(9)5(7)3-8/h3-6,9H,7H2,1-2H3/t5-,6-/m1/s1. The van der Waals surface area contributed by atoms with Crippen molar-refractivity contribution >= 4 is 6.29 Å². The van der Waals surface area contributed by atoms with E-state index in [4.69, 9.17) is 10.8 Å². The highest BCUT2D eigenvalue weighted by atomic mass is 16.3. The lowest BCUT2D eigenvalue weighted by atomic mass is 10.0. The lowest BCUT2D eigenvalue weighted by Gasteiger charge is -2.16. The Labute approximate surface area is 54.9 Å². The van der Waals surface area contributed by atoms with Gasteiger partial charge in [-0.1, -0.05) is 13.8 Å². The maximum absolute atomic E-state index is 9.97. The van der Waals surface area contributed by atoms with Crippen molar-refractivity contribution in [3.8, 4) is 0 Å². The molecule has 3 heteroatoms. The normalized spacial score (nSPS) is 17.4. The summed E-state index contributed by atoms with van der Waals surface area (Å²) in [5.41, 5.74) is 5.20. The lowest BCUT2D eigenvalue weighted by molar-refractivity contribution is -0.111. The van der Waals surface area contributed by atoms with Crippen molar-refractivity contribution in [3.05, 3.63) is 0 Å². The number of nitrogens with two attached hydrogens (primary N) is 1. The smallest absolute Gasteiger partial charge is 0.139 e. The largest absolute Gasteiger partial charge is 0.391 e. The summed E-state index contributed by atoms with van der Waals surface area (Å²) >= 11 is 0. The molecule has 3 N–H and O–H groups in total. The zero-order valence-electron chi connectivity index (χ0n) is 5.74. The van der Waals surface area contributed by atoms with E-state index in [9.17, 15) is 4.79 Å². The molecule has 0 spiro atoms. The van der Waals surface area contributed by atoms with Crippen molar-refractivity contribution in [2.75, 3.05) is 0 Å². The molecule has 0 aliphatic carbocycles. The highest BCUT2D eigenvalue weighted by Crippen LogP contribution is 2.01. The van der Waals surface area contributed by atoms with Gasteiger partial charge in [0.1, 0.15) is 6.29 Å². The van der Waals surface area contributed by atoms with Crippen LogP contribution in [0.2, 0.25) is 0 Å². The van der Waals surface area contributed by atoms with Gasteiger partial charge in [-0.2, -0.15) is 0 Å². The van der Waals surface area contributed by atoms with Crippen molar-refractivity contribution in [3.63, 3.8) is 0 Å². The molecule has 0 saturated carbocycles. The van der Waals surface area contributed by atoms with E-state index in [1.807, 2.05) is 13.8 Å². The van der Waals surface area contributed by atoms with Crippen molar-refractivity contribution < 1.29 is 9.90 Å². The van der Waals surface area contributed by atoms with Gasteiger partial charge in [-0.05, 0) is 5.92 Å². The van der Waals surface area contributed by atoms with Crippen LogP contribution in [-0.2, 0) is 4.79 Å². The van der Waals surface area contributed by atoms with E-state index in [1.165, 1.54) is 0 Å². The van der Waals surface area contributed by atoms with Gasteiger partial charge in [0.15, 0.2) is 0 Å². The number of hydrogen-bond acceptors (Lipinski definition) is 3. The van der Waals surface area contributed by atoms with E-state index < -0.39 is 12.1 Å². The summed E-state index contributed by atoms with van der Waals surface area (Å²) in [4.78, 5) is 9.97. The number of aliphatic hydroxyl groups excluding tert-OH is 1. The van der Waals surface area contributed by atoms with E-state index in [0.717, 1.165) is 0 Å². The summed E-state index contributed by atoms with van der Waals surface area (Å²) in [7, 11) is 0. The summed E-state index contributed by atoms with van der Waals surface area (Å²) in [6, 6.07) is -0.731. The topological polar surface area (TPSA) is 63.3 Å². The molecule has 0 aliphatic rings. The molecule has 54 valence electrons. The first kappa shape index (κ1) is 8.59. The molecular weight excluding hydrogens is 118 g/mol. The van der Waals surface area contributed by atoms with Crippen LogP contribution in [0.15, 0.2) is 0 Å². The molecule has 3 nitrogen and oxygen atoms in total. The van der Waals surface area contributed by atoms with Crippen LogP contribution >= 0.6 is 0 Å². The third-order valence-corrected chi connectivity index (χ3v) is 1.23. The third-order valence-electron chi connectivity index (χ3n) is 1.23. The lowest BCUT2D eigenvalue weighted by Crippen LogP contribution is -2.39. The molecular formula is C6H13NO2. The molecule has 0 saturated heterocycles. The van der Waals surface area contributed by atoms with Crippen molar-refractivity contribution in [1.29, 1.82) is 0 Å². The van der Waals surface area contributed by atoms with Gasteiger partial charge in [0, 0.05) is 0 Å². The Balaban J connectivity index is 3.71. The van der Waals surface area contributed by atoms with Gasteiger partial charge in [-0.3, -0.25) is 0 Å². The first-order chi connectivity index (χ1) is 4.09. The quantitative estimate of drug-likeness (QED) is 0.509. The molecule has 0 fully saturated rings. The van der Waals surface area contributed by atoms with Crippen LogP contribution in [0.25, 0.3) is 0 Å². The van der Waals surface area contributed by atoms with Gasteiger partial charge in [0.05, 0.1) is 12.1 Å². The molecule has 0 radical (unpaired) electrons. The second kappa shape index (κ2) is 3.58. The molecule has 0 aromatic carbocycles. The van der Waals surface area contributed by atoms with Gasteiger partial charge in [0.25, 0.3) is 0 Å². The van der Waals surface area contributed by atoms with E-state index >= 15 is 0 Å². The van der Waals surface area contributed by atoms with E-state index in [1.54, 1.807) is 0 Å². The molecule has 0 aliphatic heterocycles. The first-order valence-electron chi connectivity index (χ1n) is 2.98. The number of aldehydes is 1. The SMILES string of the molecule is CC(C)[C@@H](O)[C@H](N)C=O. The molecule has 0 aromatic rings. The van der Waals surface area contributed by atoms with Crippen LogP contribution in [0, 0.1) is 5.92 Å². The second-order valence-electron chi connectivity index (χ2n) is 2.45. The molecule has 0 amide bonds. The summed E-state index contributed by atoms with van der Waals surface area (Å²) in [5, 5.41) is 9.04. The predicted octanol–water partition coefficient (Wildman–Crippen LogP) is -0.471. The average molecular weight is 131 g/mol. The van der Waals surface area contributed by atoms with Crippen LogP contribution in [0.3, 0.4) is 0 Å². The van der Waals surface area contributed by atoms with E-state index in [0.29, 0.717) is 6.29 Å². The summed E-state index contributed by atoms with van der Waals surface area (Å²) in [6.45, 7) is 3.63. The fraction of sp³-hybridized carbons (Fsp3) is 0.833. The predicted molar refractivity (Wildman–Crippen MR) is 34.9 cm³/mol. The van der Waals surface area contributed by atoms with Gasteiger partial charge in [0.2, 0.25) is 0 Å². The molecule has 0 heterocycles. The summed E-state index contributed by atoms with van der Waals surface area (Å²) < 4.78 is 0. The average Bonchev–Trinajstić information content (AvgIpc) is 1.84. The van der Waals surface area contributed by atoms with Gasteiger partial charge < -0.3 is 15.6 Å². The van der Waals surface area contributed by atoms with Crippen LogP contribution in [0.4, 0.5) is 0 Å². The zero-order chi connectivity index (χ0) is 7.44. The zero-order valence-corrected chi connectivity index (χ0v) is 5.74. The van der Waals surface area contributed by atoms with Crippen LogP contribution in [0.1, 0.15) is 13.8 Å². The third kappa shape index (κ3) is 2.58. The highest BCUT2D eigenvalue weighted by Gasteiger charge is 2.16. The molecule has 0 aromatic heterocycles. The molecule has 0 unspecified atom stereocenters. The Morgan fingerprint density at radius 2 is 2.00 bits per heavy atom. The van der Waals surface area contributed by atoms with E-state index in [-0.39, 0.29) is 5.92 Å².